The van der Waals surface area contributed by atoms with Crippen LogP contribution in [0.5, 0.6) is 0 Å². The molecule has 2 aromatic carbocycles. The smallest absolute Gasteiger partial charge is 0.253 e. The number of H-pyrrole nitrogens is 1. The maximum atomic E-state index is 13.2. The zero-order valence-electron chi connectivity index (χ0n) is 17.7. The van der Waals surface area contributed by atoms with Crippen LogP contribution in [-0.4, -0.2) is 34.3 Å². The summed E-state index contributed by atoms with van der Waals surface area (Å²) >= 11 is 5.65. The number of pyridine rings is 1. The molecule has 1 atom stereocenters. The van der Waals surface area contributed by atoms with Crippen molar-refractivity contribution in [3.8, 4) is 0 Å². The van der Waals surface area contributed by atoms with E-state index in [9.17, 15) is 9.18 Å². The fraction of sp³-hybridized carbons (Fsp3) is 0.333. The molecule has 1 saturated heterocycles. The van der Waals surface area contributed by atoms with E-state index >= 15 is 0 Å². The number of halogens is 1. The quantitative estimate of drug-likeness (QED) is 0.566. The Morgan fingerprint density at radius 2 is 1.97 bits per heavy atom. The highest BCUT2D eigenvalue weighted by atomic mass is 32.1. The highest BCUT2D eigenvalue weighted by Gasteiger charge is 2.22. The van der Waals surface area contributed by atoms with E-state index in [1.165, 1.54) is 17.7 Å². The molecule has 5 nitrogen and oxygen atoms in total. The summed E-state index contributed by atoms with van der Waals surface area (Å²) in [6, 6.07) is 12.1. The van der Waals surface area contributed by atoms with Crippen molar-refractivity contribution in [1.29, 1.82) is 0 Å². The third-order valence-electron chi connectivity index (χ3n) is 5.73. The van der Waals surface area contributed by atoms with E-state index in [1.54, 1.807) is 12.1 Å². The first-order chi connectivity index (χ1) is 14.9. The van der Waals surface area contributed by atoms with E-state index in [0.717, 1.165) is 35.9 Å². The van der Waals surface area contributed by atoms with Crippen molar-refractivity contribution in [2.75, 3.05) is 18.5 Å². The molecule has 7 heteroatoms. The topological polar surface area (TPSA) is 57.4 Å². The van der Waals surface area contributed by atoms with Gasteiger partial charge in [0, 0.05) is 29.9 Å². The van der Waals surface area contributed by atoms with Gasteiger partial charge in [-0.1, -0.05) is 0 Å². The normalized spacial score (nSPS) is 15.9. The van der Waals surface area contributed by atoms with E-state index in [-0.39, 0.29) is 17.5 Å². The van der Waals surface area contributed by atoms with E-state index in [2.05, 4.69) is 23.3 Å². The Balaban J connectivity index is 1.61. The molecule has 3 aromatic rings. The van der Waals surface area contributed by atoms with Crippen molar-refractivity contribution in [3.63, 3.8) is 0 Å². The Morgan fingerprint density at radius 3 is 2.68 bits per heavy atom. The molecule has 2 N–H and O–H groups in total. The van der Waals surface area contributed by atoms with Crippen LogP contribution in [0.15, 0.2) is 47.3 Å². The van der Waals surface area contributed by atoms with Crippen LogP contribution in [0.1, 0.15) is 29.5 Å². The Hall–Kier alpha value is -2.77. The average Bonchev–Trinajstić information content (AvgIpc) is 3.24. The molecule has 0 amide bonds. The first-order valence-electron chi connectivity index (χ1n) is 10.5. The molecular weight excluding hydrogens is 413 g/mol. The molecule has 0 saturated carbocycles. The molecule has 0 spiro atoms. The zero-order chi connectivity index (χ0) is 22.0. The average molecular weight is 440 g/mol. The van der Waals surface area contributed by atoms with Crippen molar-refractivity contribution in [1.82, 2.24) is 9.88 Å². The van der Waals surface area contributed by atoms with Crippen LogP contribution in [0.25, 0.3) is 10.9 Å². The van der Waals surface area contributed by atoms with Gasteiger partial charge < -0.3 is 19.9 Å². The number of thiocarbonyl (C=S) groups is 1. The molecule has 31 heavy (non-hydrogen) atoms. The molecule has 1 aromatic heterocycles. The maximum Gasteiger partial charge on any atom is 0.253 e. The minimum atomic E-state index is -0.305. The monoisotopic (exact) mass is 439 g/mol. The summed E-state index contributed by atoms with van der Waals surface area (Å²) in [6.45, 7) is 5.77. The fourth-order valence-corrected chi connectivity index (χ4v) is 4.09. The van der Waals surface area contributed by atoms with Crippen LogP contribution >= 0.6 is 12.2 Å². The largest absolute Gasteiger partial charge is 0.376 e. The van der Waals surface area contributed by atoms with Crippen LogP contribution in [0.3, 0.4) is 0 Å². The van der Waals surface area contributed by atoms with Gasteiger partial charge in [-0.15, -0.1) is 0 Å². The van der Waals surface area contributed by atoms with E-state index in [1.807, 2.05) is 24.0 Å². The van der Waals surface area contributed by atoms with Crippen LogP contribution in [0.4, 0.5) is 10.1 Å². The van der Waals surface area contributed by atoms with E-state index < -0.39 is 0 Å². The Labute approximate surface area is 186 Å². The van der Waals surface area contributed by atoms with Gasteiger partial charge in [0.2, 0.25) is 0 Å². The Bertz CT molecular complexity index is 1150. The van der Waals surface area contributed by atoms with Gasteiger partial charge in [-0.2, -0.15) is 0 Å². The molecule has 1 unspecified atom stereocenters. The number of nitrogens with one attached hydrogen (secondary N) is 2. The predicted octanol–water partition coefficient (Wildman–Crippen LogP) is 4.66. The molecule has 0 aliphatic carbocycles. The third kappa shape index (κ3) is 5.11. The molecule has 1 aliphatic heterocycles. The first kappa shape index (κ1) is 21.5. The predicted molar refractivity (Wildman–Crippen MR) is 126 cm³/mol. The van der Waals surface area contributed by atoms with Crippen LogP contribution in [0, 0.1) is 19.7 Å². The number of fused-ring (bicyclic) bond motifs is 1. The van der Waals surface area contributed by atoms with Gasteiger partial charge in [0.25, 0.3) is 5.56 Å². The number of rotatable bonds is 5. The molecule has 1 fully saturated rings. The molecule has 162 valence electrons. The van der Waals surface area contributed by atoms with Crippen LogP contribution in [0.2, 0.25) is 0 Å². The van der Waals surface area contributed by atoms with Gasteiger partial charge >= 0.3 is 0 Å². The van der Waals surface area contributed by atoms with E-state index in [0.29, 0.717) is 29.5 Å². The summed E-state index contributed by atoms with van der Waals surface area (Å²) in [5.74, 6) is -0.305. The maximum absolute atomic E-state index is 13.2. The highest BCUT2D eigenvalue weighted by Crippen LogP contribution is 2.20. The minimum absolute atomic E-state index is 0.0670. The number of ether oxygens (including phenoxy) is 1. The van der Waals surface area contributed by atoms with Gasteiger partial charge in [-0.05, 0) is 97.9 Å². The van der Waals surface area contributed by atoms with Gasteiger partial charge in [-0.25, -0.2) is 4.39 Å². The van der Waals surface area contributed by atoms with Gasteiger partial charge in [0.1, 0.15) is 5.82 Å². The number of aromatic amines is 1. The van der Waals surface area contributed by atoms with Crippen molar-refractivity contribution in [2.24, 2.45) is 0 Å². The lowest BCUT2D eigenvalue weighted by Crippen LogP contribution is -2.40. The number of benzene rings is 2. The standard InChI is InChI=1S/C24H26FN3O2S/c1-15-10-17-12-18(23(29)27-22(17)11-16(15)2)13-28(14-21-4-3-9-30-21)24(31)26-20-7-5-19(25)6-8-20/h5-8,10-12,21H,3-4,9,13-14H2,1-2H3,(H,26,31)(H,27,29). The minimum Gasteiger partial charge on any atom is -0.376 e. The van der Waals surface area contributed by atoms with Crippen molar-refractivity contribution in [3.05, 3.63) is 75.3 Å². The number of aromatic nitrogens is 1. The summed E-state index contributed by atoms with van der Waals surface area (Å²) < 4.78 is 19.0. The second kappa shape index (κ2) is 9.16. The molecule has 4 rings (SSSR count). The zero-order valence-corrected chi connectivity index (χ0v) is 18.5. The summed E-state index contributed by atoms with van der Waals surface area (Å²) in [7, 11) is 0. The lowest BCUT2D eigenvalue weighted by molar-refractivity contribution is 0.0904. The lowest BCUT2D eigenvalue weighted by atomic mass is 10.0. The summed E-state index contributed by atoms with van der Waals surface area (Å²) in [5, 5.41) is 4.63. The van der Waals surface area contributed by atoms with Crippen molar-refractivity contribution < 1.29 is 9.13 Å². The number of hydrogen-bond donors (Lipinski definition) is 2. The van der Waals surface area contributed by atoms with Crippen molar-refractivity contribution in [2.45, 2.75) is 39.3 Å². The van der Waals surface area contributed by atoms with Crippen LogP contribution in [-0.2, 0) is 11.3 Å². The third-order valence-corrected chi connectivity index (χ3v) is 6.09. The van der Waals surface area contributed by atoms with Gasteiger partial charge in [0.15, 0.2) is 5.11 Å². The Kier molecular flexibility index (Phi) is 6.34. The second-order valence-electron chi connectivity index (χ2n) is 8.10. The molecular formula is C24H26FN3O2S. The summed E-state index contributed by atoms with van der Waals surface area (Å²) in [6.07, 6.45) is 2.05. The Morgan fingerprint density at radius 1 is 1.23 bits per heavy atom. The van der Waals surface area contributed by atoms with Gasteiger partial charge in [0.05, 0.1) is 12.6 Å². The lowest BCUT2D eigenvalue weighted by Gasteiger charge is -2.28. The number of anilines is 1. The molecule has 2 heterocycles. The SMILES string of the molecule is Cc1cc2cc(CN(CC3CCCO3)C(=S)Nc3ccc(F)cc3)c(=O)[nH]c2cc1C. The second-order valence-corrected chi connectivity index (χ2v) is 8.49. The fourth-order valence-electron chi connectivity index (χ4n) is 3.83. The van der Waals surface area contributed by atoms with Gasteiger partial charge in [-0.3, -0.25) is 4.79 Å². The number of hydrogen-bond acceptors (Lipinski definition) is 3. The molecule has 0 radical (unpaired) electrons. The number of nitrogens with zero attached hydrogens (tertiary/aromatic N) is 1. The first-order valence-corrected chi connectivity index (χ1v) is 10.9. The molecule has 0 bridgehead atoms. The van der Waals surface area contributed by atoms with Crippen LogP contribution < -0.4 is 10.9 Å². The number of aryl methyl sites for hydroxylation is 2. The molecule has 1 aliphatic rings. The van der Waals surface area contributed by atoms with E-state index in [4.69, 9.17) is 17.0 Å². The summed E-state index contributed by atoms with van der Waals surface area (Å²) in [4.78, 5) is 17.8. The summed E-state index contributed by atoms with van der Waals surface area (Å²) in [5.41, 5.74) is 4.35. The van der Waals surface area contributed by atoms with Crippen molar-refractivity contribution >= 4 is 33.9 Å². The highest BCUT2D eigenvalue weighted by molar-refractivity contribution is 7.80.